The van der Waals surface area contributed by atoms with Crippen LogP contribution in [0.5, 0.6) is 5.75 Å². The third kappa shape index (κ3) is 6.43. The Hall–Kier alpha value is -3.41. The van der Waals surface area contributed by atoms with E-state index in [9.17, 15) is 28.5 Å². The second kappa shape index (κ2) is 11.0. The number of aliphatic hydroxyl groups is 2. The van der Waals surface area contributed by atoms with Gasteiger partial charge >= 0.3 is 0 Å². The van der Waals surface area contributed by atoms with E-state index in [1.807, 2.05) is 13.0 Å². The molecular formula is C29H30N2O6S2. The molecule has 1 saturated carbocycles. The van der Waals surface area contributed by atoms with Gasteiger partial charge in [-0.05, 0) is 55.5 Å². The highest BCUT2D eigenvalue weighted by molar-refractivity contribution is 7.92. The number of sulfone groups is 1. The molecule has 8 nitrogen and oxygen atoms in total. The summed E-state index contributed by atoms with van der Waals surface area (Å²) in [4.78, 5) is 17.0. The normalized spacial score (nSPS) is 20.6. The maximum atomic E-state index is 12.7. The summed E-state index contributed by atoms with van der Waals surface area (Å²) in [6.07, 6.45) is 0.551. The Balaban J connectivity index is 1.47. The molecule has 1 fully saturated rings. The van der Waals surface area contributed by atoms with E-state index in [1.54, 1.807) is 24.3 Å². The SMILES string of the molecule is C[C@]1(CO)C[C@@H]1C#CC#Cc1ccc2nc([C@H](O)C[C@](C)(CNC(=O)c3ccccc3O)S(C)(=O)=O)sc2c1. The van der Waals surface area contributed by atoms with Crippen LogP contribution in [0.2, 0.25) is 0 Å². The van der Waals surface area contributed by atoms with Crippen LogP contribution in [0.1, 0.15) is 53.7 Å². The van der Waals surface area contributed by atoms with Crippen molar-refractivity contribution in [2.45, 2.75) is 37.5 Å². The van der Waals surface area contributed by atoms with Gasteiger partial charge in [-0.1, -0.05) is 30.9 Å². The van der Waals surface area contributed by atoms with E-state index in [2.05, 4.69) is 34.0 Å². The maximum Gasteiger partial charge on any atom is 0.255 e. The van der Waals surface area contributed by atoms with E-state index in [0.717, 1.165) is 22.9 Å². The van der Waals surface area contributed by atoms with Gasteiger partial charge in [0.05, 0.1) is 20.5 Å². The summed E-state index contributed by atoms with van der Waals surface area (Å²) in [5, 5.41) is 33.2. The van der Waals surface area contributed by atoms with Crippen LogP contribution < -0.4 is 5.32 Å². The first-order chi connectivity index (χ1) is 18.3. The van der Waals surface area contributed by atoms with Crippen LogP contribution in [0.25, 0.3) is 10.2 Å². The van der Waals surface area contributed by atoms with Crippen molar-refractivity contribution in [1.29, 1.82) is 0 Å². The van der Waals surface area contributed by atoms with Gasteiger partial charge in [0.1, 0.15) is 16.9 Å². The Kier molecular flexibility index (Phi) is 8.06. The summed E-state index contributed by atoms with van der Waals surface area (Å²) < 4.78 is 24.7. The Morgan fingerprint density at radius 1 is 1.28 bits per heavy atom. The molecule has 1 aliphatic rings. The average molecular weight is 567 g/mol. The summed E-state index contributed by atoms with van der Waals surface area (Å²) in [6, 6.07) is 11.4. The van der Waals surface area contributed by atoms with Gasteiger partial charge in [-0.2, -0.15) is 0 Å². The van der Waals surface area contributed by atoms with Crippen molar-refractivity contribution >= 4 is 37.3 Å². The van der Waals surface area contributed by atoms with Crippen molar-refractivity contribution in [3.8, 4) is 29.4 Å². The van der Waals surface area contributed by atoms with Crippen LogP contribution in [-0.2, 0) is 9.84 Å². The van der Waals surface area contributed by atoms with Crippen LogP contribution >= 0.6 is 11.3 Å². The highest BCUT2D eigenvalue weighted by atomic mass is 32.2. The zero-order valence-corrected chi connectivity index (χ0v) is 23.5. The number of aromatic nitrogens is 1. The Labute approximate surface area is 232 Å². The molecule has 0 bridgehead atoms. The molecule has 1 aromatic heterocycles. The van der Waals surface area contributed by atoms with E-state index in [0.29, 0.717) is 10.5 Å². The first-order valence-corrected chi connectivity index (χ1v) is 15.0. The number of para-hydroxylation sites is 1. The number of rotatable bonds is 8. The van der Waals surface area contributed by atoms with Gasteiger partial charge in [0.25, 0.3) is 5.91 Å². The van der Waals surface area contributed by atoms with Gasteiger partial charge < -0.3 is 20.6 Å². The lowest BCUT2D eigenvalue weighted by Crippen LogP contribution is -2.47. The molecule has 4 N–H and O–H groups in total. The van der Waals surface area contributed by atoms with Crippen LogP contribution in [0.4, 0.5) is 0 Å². The summed E-state index contributed by atoms with van der Waals surface area (Å²) >= 11 is 1.24. The van der Waals surface area contributed by atoms with E-state index < -0.39 is 26.6 Å². The van der Waals surface area contributed by atoms with Crippen molar-refractivity contribution in [3.63, 3.8) is 0 Å². The van der Waals surface area contributed by atoms with Crippen molar-refractivity contribution in [2.24, 2.45) is 11.3 Å². The molecule has 1 aliphatic carbocycles. The number of carbonyl (C=O) groups excluding carboxylic acids is 1. The van der Waals surface area contributed by atoms with Crippen molar-refractivity contribution < 1.29 is 28.5 Å². The van der Waals surface area contributed by atoms with Gasteiger partial charge in [-0.25, -0.2) is 13.4 Å². The third-order valence-corrected chi connectivity index (χ3v) is 10.4. The number of aliphatic hydroxyl groups excluding tert-OH is 2. The van der Waals surface area contributed by atoms with E-state index >= 15 is 0 Å². The summed E-state index contributed by atoms with van der Waals surface area (Å²) in [5.74, 6) is 11.1. The van der Waals surface area contributed by atoms with Crippen LogP contribution in [0.3, 0.4) is 0 Å². The quantitative estimate of drug-likeness (QED) is 0.308. The topological polar surface area (TPSA) is 137 Å². The smallest absolute Gasteiger partial charge is 0.255 e. The molecule has 4 rings (SSSR count). The van der Waals surface area contributed by atoms with Crippen molar-refractivity contribution in [2.75, 3.05) is 19.4 Å². The standard InChI is InChI=1S/C29H30N2O6S2/c1-28(18-32)15-20(28)9-5-4-8-19-12-13-22-25(14-19)38-27(31-22)24(34)16-29(2,39(3,36)37)17-30-26(35)21-10-6-7-11-23(21)33/h6-7,10-14,20,24,32-34H,15-18H2,1-3H3,(H,30,35)/t20-,24+,28+,29+/m0/s1. The van der Waals surface area contributed by atoms with Crippen LogP contribution in [0.15, 0.2) is 42.5 Å². The molecule has 0 unspecified atom stereocenters. The third-order valence-electron chi connectivity index (χ3n) is 7.21. The number of phenolic OH excluding ortho intramolecular Hbond substituents is 1. The highest BCUT2D eigenvalue weighted by Gasteiger charge is 2.48. The van der Waals surface area contributed by atoms with Crippen molar-refractivity contribution in [3.05, 3.63) is 58.6 Å². The molecule has 39 heavy (non-hydrogen) atoms. The van der Waals surface area contributed by atoms with Gasteiger partial charge in [0.15, 0.2) is 9.84 Å². The molecule has 0 saturated heterocycles. The minimum Gasteiger partial charge on any atom is -0.507 e. The number of aromatic hydroxyl groups is 1. The van der Waals surface area contributed by atoms with E-state index in [4.69, 9.17) is 0 Å². The average Bonchev–Trinajstić information content (AvgIpc) is 3.34. The number of fused-ring (bicyclic) bond motifs is 1. The second-order valence-corrected chi connectivity index (χ2v) is 14.1. The number of thiazole rings is 1. The summed E-state index contributed by atoms with van der Waals surface area (Å²) in [7, 11) is -3.72. The molecule has 2 aromatic carbocycles. The second-order valence-electron chi connectivity index (χ2n) is 10.5. The zero-order chi connectivity index (χ0) is 28.4. The number of benzene rings is 2. The minimum atomic E-state index is -3.72. The molecule has 3 aromatic rings. The van der Waals surface area contributed by atoms with Gasteiger partial charge in [0, 0.05) is 42.7 Å². The molecule has 204 valence electrons. The first-order valence-electron chi connectivity index (χ1n) is 12.3. The molecule has 1 heterocycles. The van der Waals surface area contributed by atoms with Gasteiger partial charge in [-0.3, -0.25) is 4.79 Å². The summed E-state index contributed by atoms with van der Waals surface area (Å²) in [5.41, 5.74) is 1.30. The number of nitrogens with one attached hydrogen (secondary N) is 1. The van der Waals surface area contributed by atoms with Gasteiger partial charge in [0.2, 0.25) is 0 Å². The largest absolute Gasteiger partial charge is 0.507 e. The number of hydrogen-bond acceptors (Lipinski definition) is 8. The number of nitrogens with zero attached hydrogens (tertiary/aromatic N) is 1. The van der Waals surface area contributed by atoms with Crippen molar-refractivity contribution in [1.82, 2.24) is 10.3 Å². The molecule has 0 aliphatic heterocycles. The minimum absolute atomic E-state index is 0.0288. The maximum absolute atomic E-state index is 12.7. The molecule has 4 atom stereocenters. The first kappa shape index (κ1) is 28.6. The molecule has 0 radical (unpaired) electrons. The number of carbonyl (C=O) groups is 1. The molecule has 10 heteroatoms. The Morgan fingerprint density at radius 2 is 2.03 bits per heavy atom. The number of phenols is 1. The van der Waals surface area contributed by atoms with Crippen LogP contribution in [-0.4, -0.2) is 58.8 Å². The highest BCUT2D eigenvalue weighted by Crippen LogP contribution is 2.51. The Morgan fingerprint density at radius 3 is 2.69 bits per heavy atom. The monoisotopic (exact) mass is 566 g/mol. The lowest BCUT2D eigenvalue weighted by Gasteiger charge is -2.29. The summed E-state index contributed by atoms with van der Waals surface area (Å²) in [6.45, 7) is 3.31. The van der Waals surface area contributed by atoms with Crippen LogP contribution in [0, 0.1) is 35.0 Å². The fraction of sp³-hybridized carbons (Fsp3) is 0.379. The predicted octanol–water partition coefficient (Wildman–Crippen LogP) is 3.03. The fourth-order valence-electron chi connectivity index (χ4n) is 4.08. The predicted molar refractivity (Wildman–Crippen MR) is 151 cm³/mol. The lowest BCUT2D eigenvalue weighted by molar-refractivity contribution is 0.0938. The molecule has 0 spiro atoms. The number of amides is 1. The zero-order valence-electron chi connectivity index (χ0n) is 21.9. The Bertz CT molecular complexity index is 1640. The molecule has 1 amide bonds. The fourth-order valence-corrected chi connectivity index (χ4v) is 5.86. The molecular weight excluding hydrogens is 536 g/mol. The van der Waals surface area contributed by atoms with E-state index in [1.165, 1.54) is 30.4 Å². The lowest BCUT2D eigenvalue weighted by atomic mass is 10.0. The van der Waals surface area contributed by atoms with E-state index in [-0.39, 0.29) is 42.2 Å². The number of hydrogen-bond donors (Lipinski definition) is 4. The van der Waals surface area contributed by atoms with Gasteiger partial charge in [-0.15, -0.1) is 11.3 Å².